The van der Waals surface area contributed by atoms with Crippen LogP contribution < -0.4 is 4.74 Å². The molecular weight excluding hydrogens is 274 g/mol. The molecule has 0 atom stereocenters. The number of oxime groups is 1. The van der Waals surface area contributed by atoms with Gasteiger partial charge in [-0.1, -0.05) is 11.2 Å². The molecule has 0 fully saturated rings. The predicted octanol–water partition coefficient (Wildman–Crippen LogP) is 2.63. The van der Waals surface area contributed by atoms with E-state index < -0.39 is 0 Å². The second-order valence-corrected chi connectivity index (χ2v) is 6.07. The third-order valence-electron chi connectivity index (χ3n) is 2.87. The third-order valence-corrected chi connectivity index (χ3v) is 3.92. The number of thiazole rings is 1. The van der Waals surface area contributed by atoms with Gasteiger partial charge in [0.25, 0.3) is 0 Å². The highest BCUT2D eigenvalue weighted by molar-refractivity contribution is 7.14. The Hall–Kier alpha value is -1.40. The van der Waals surface area contributed by atoms with E-state index in [-0.39, 0.29) is 6.10 Å². The lowest BCUT2D eigenvalue weighted by atomic mass is 10.1. The summed E-state index contributed by atoms with van der Waals surface area (Å²) in [6.07, 6.45) is 5.06. The first kappa shape index (κ1) is 15.0. The van der Waals surface area contributed by atoms with Gasteiger partial charge in [0.2, 0.25) is 5.88 Å². The number of hydrogen-bond acceptors (Lipinski definition) is 6. The minimum atomic E-state index is 0.0688. The highest BCUT2D eigenvalue weighted by Crippen LogP contribution is 2.30. The van der Waals surface area contributed by atoms with E-state index in [1.165, 1.54) is 5.57 Å². The average Bonchev–Trinajstić information content (AvgIpc) is 2.81. The molecule has 0 amide bonds. The molecule has 0 radical (unpaired) electrons. The van der Waals surface area contributed by atoms with Crippen LogP contribution in [0.3, 0.4) is 0 Å². The lowest BCUT2D eigenvalue weighted by molar-refractivity contribution is 0.0874. The lowest BCUT2D eigenvalue weighted by Crippen LogP contribution is -2.24. The Bertz CT molecular complexity index is 509. The maximum atomic E-state index is 5.31. The van der Waals surface area contributed by atoms with Crippen molar-refractivity contribution in [3.63, 3.8) is 0 Å². The number of nitrogens with zero attached hydrogens (tertiary/aromatic N) is 3. The first-order valence-electron chi connectivity index (χ1n) is 6.72. The van der Waals surface area contributed by atoms with Crippen LogP contribution in [0.4, 0.5) is 0 Å². The largest absolute Gasteiger partial charge is 0.480 e. The summed E-state index contributed by atoms with van der Waals surface area (Å²) in [5.41, 5.74) is 1.26. The van der Waals surface area contributed by atoms with E-state index >= 15 is 0 Å². The van der Waals surface area contributed by atoms with E-state index in [0.29, 0.717) is 5.88 Å². The van der Waals surface area contributed by atoms with Crippen molar-refractivity contribution in [3.05, 3.63) is 16.0 Å². The Kier molecular flexibility index (Phi) is 5.14. The molecule has 6 heteroatoms. The standard InChI is InChI=1S/C14H21N3O2S/c1-10(2)19-15-8-12-13(18-4)16-14(20-12)11-6-5-7-17(3)9-11/h6,8,10H,5,7,9H2,1-4H3/b15-8+. The van der Waals surface area contributed by atoms with Crippen LogP contribution in [-0.2, 0) is 4.84 Å². The molecule has 0 saturated carbocycles. The number of aromatic nitrogens is 1. The molecule has 20 heavy (non-hydrogen) atoms. The van der Waals surface area contributed by atoms with Crippen LogP contribution >= 0.6 is 11.3 Å². The second kappa shape index (κ2) is 6.85. The van der Waals surface area contributed by atoms with Gasteiger partial charge in [0.05, 0.1) is 13.3 Å². The Morgan fingerprint density at radius 2 is 2.30 bits per heavy atom. The zero-order valence-corrected chi connectivity index (χ0v) is 13.2. The summed E-state index contributed by atoms with van der Waals surface area (Å²) >= 11 is 1.58. The van der Waals surface area contributed by atoms with Crippen LogP contribution in [0.25, 0.3) is 5.57 Å². The molecule has 0 aromatic carbocycles. The average molecular weight is 295 g/mol. The minimum Gasteiger partial charge on any atom is -0.480 e. The van der Waals surface area contributed by atoms with E-state index in [4.69, 9.17) is 9.57 Å². The molecule has 1 aromatic rings. The van der Waals surface area contributed by atoms with Gasteiger partial charge < -0.3 is 14.5 Å². The molecular formula is C14H21N3O2S. The van der Waals surface area contributed by atoms with E-state index in [2.05, 4.69) is 28.2 Å². The molecule has 0 spiro atoms. The van der Waals surface area contributed by atoms with Crippen LogP contribution in [0.1, 0.15) is 30.2 Å². The number of ether oxygens (including phenoxy) is 1. The first-order valence-corrected chi connectivity index (χ1v) is 7.53. The topological polar surface area (TPSA) is 47.0 Å². The molecule has 0 bridgehead atoms. The minimum absolute atomic E-state index is 0.0688. The molecule has 2 heterocycles. The summed E-state index contributed by atoms with van der Waals surface area (Å²) < 4.78 is 5.31. The lowest BCUT2D eigenvalue weighted by Gasteiger charge is -2.21. The molecule has 2 rings (SSSR count). The van der Waals surface area contributed by atoms with Crippen LogP contribution in [-0.4, -0.2) is 49.4 Å². The van der Waals surface area contributed by atoms with Gasteiger partial charge in [-0.15, -0.1) is 11.3 Å². The van der Waals surface area contributed by atoms with Gasteiger partial charge in [-0.2, -0.15) is 0 Å². The van der Waals surface area contributed by atoms with Crippen molar-refractivity contribution >= 4 is 23.1 Å². The van der Waals surface area contributed by atoms with Crippen molar-refractivity contribution in [2.45, 2.75) is 26.4 Å². The van der Waals surface area contributed by atoms with Crippen LogP contribution in [0.2, 0.25) is 0 Å². The van der Waals surface area contributed by atoms with Crippen molar-refractivity contribution in [2.75, 3.05) is 27.2 Å². The molecule has 0 aliphatic carbocycles. The maximum Gasteiger partial charge on any atom is 0.234 e. The molecule has 5 nitrogen and oxygen atoms in total. The van der Waals surface area contributed by atoms with Gasteiger partial charge >= 0.3 is 0 Å². The Morgan fingerprint density at radius 1 is 1.50 bits per heavy atom. The normalized spacial score (nSPS) is 16.8. The Morgan fingerprint density at radius 3 is 2.95 bits per heavy atom. The van der Waals surface area contributed by atoms with Crippen LogP contribution in [0, 0.1) is 0 Å². The number of likely N-dealkylation sites (N-methyl/N-ethyl adjacent to an activating group) is 1. The van der Waals surface area contributed by atoms with Gasteiger partial charge in [0, 0.05) is 13.1 Å². The van der Waals surface area contributed by atoms with Gasteiger partial charge in [0.15, 0.2) is 0 Å². The van der Waals surface area contributed by atoms with E-state index in [9.17, 15) is 0 Å². The molecule has 1 aliphatic heterocycles. The van der Waals surface area contributed by atoms with Crippen molar-refractivity contribution in [1.82, 2.24) is 9.88 Å². The van der Waals surface area contributed by atoms with E-state index in [1.807, 2.05) is 13.8 Å². The molecule has 110 valence electrons. The molecule has 0 saturated heterocycles. The maximum absolute atomic E-state index is 5.31. The first-order chi connectivity index (χ1) is 9.60. The van der Waals surface area contributed by atoms with E-state index in [1.54, 1.807) is 24.7 Å². The van der Waals surface area contributed by atoms with Gasteiger partial charge in [-0.25, -0.2) is 4.98 Å². The SMILES string of the molecule is COc1nc(C2=CCCN(C)C2)sc1/C=N/OC(C)C. The quantitative estimate of drug-likeness (QED) is 0.619. The fourth-order valence-corrected chi connectivity index (χ4v) is 2.86. The summed E-state index contributed by atoms with van der Waals surface area (Å²) in [6.45, 7) is 5.91. The molecule has 1 aromatic heterocycles. The monoisotopic (exact) mass is 295 g/mol. The van der Waals surface area contributed by atoms with Crippen LogP contribution in [0.5, 0.6) is 5.88 Å². The molecule has 0 unspecified atom stereocenters. The van der Waals surface area contributed by atoms with Crippen LogP contribution in [0.15, 0.2) is 11.2 Å². The summed E-state index contributed by atoms with van der Waals surface area (Å²) in [5, 5.41) is 4.96. The van der Waals surface area contributed by atoms with Crippen molar-refractivity contribution in [1.29, 1.82) is 0 Å². The highest BCUT2D eigenvalue weighted by atomic mass is 32.1. The van der Waals surface area contributed by atoms with Gasteiger partial charge in [-0.05, 0) is 32.9 Å². The Balaban J connectivity index is 2.18. The number of methoxy groups -OCH3 is 1. The van der Waals surface area contributed by atoms with Crippen molar-refractivity contribution in [3.8, 4) is 5.88 Å². The second-order valence-electron chi connectivity index (χ2n) is 5.04. The van der Waals surface area contributed by atoms with Gasteiger partial charge in [-0.3, -0.25) is 0 Å². The molecule has 1 aliphatic rings. The van der Waals surface area contributed by atoms with Crippen molar-refractivity contribution in [2.24, 2.45) is 5.16 Å². The van der Waals surface area contributed by atoms with Crippen molar-refractivity contribution < 1.29 is 9.57 Å². The van der Waals surface area contributed by atoms with Gasteiger partial charge in [0.1, 0.15) is 16.0 Å². The smallest absolute Gasteiger partial charge is 0.234 e. The molecule has 0 N–H and O–H groups in total. The zero-order valence-electron chi connectivity index (χ0n) is 12.4. The summed E-state index contributed by atoms with van der Waals surface area (Å²) in [6, 6.07) is 0. The predicted molar refractivity (Wildman–Crippen MR) is 82.6 cm³/mol. The summed E-state index contributed by atoms with van der Waals surface area (Å²) in [5.74, 6) is 0.607. The highest BCUT2D eigenvalue weighted by Gasteiger charge is 2.17. The zero-order chi connectivity index (χ0) is 14.5. The summed E-state index contributed by atoms with van der Waals surface area (Å²) in [7, 11) is 3.75. The fourth-order valence-electron chi connectivity index (χ4n) is 1.93. The third kappa shape index (κ3) is 3.80. The number of rotatable bonds is 5. The summed E-state index contributed by atoms with van der Waals surface area (Å²) in [4.78, 5) is 12.9. The Labute approximate surface area is 123 Å². The fraction of sp³-hybridized carbons (Fsp3) is 0.571. The van der Waals surface area contributed by atoms with E-state index in [0.717, 1.165) is 29.4 Å². The number of hydrogen-bond donors (Lipinski definition) is 0.